The van der Waals surface area contributed by atoms with Gasteiger partial charge in [-0.3, -0.25) is 13.9 Å². The van der Waals surface area contributed by atoms with E-state index in [9.17, 15) is 18.0 Å². The van der Waals surface area contributed by atoms with Crippen LogP contribution in [0.15, 0.2) is 66.7 Å². The number of aryl methyl sites for hydroxylation is 1. The first-order valence-corrected chi connectivity index (χ1v) is 15.8. The quantitative estimate of drug-likeness (QED) is 0.305. The number of nitrogens with zero attached hydrogens (tertiary/aromatic N) is 2. The van der Waals surface area contributed by atoms with Crippen molar-refractivity contribution < 1.29 is 18.0 Å². The first-order valence-electron chi connectivity index (χ1n) is 13.2. The molecule has 0 spiro atoms. The lowest BCUT2D eigenvalue weighted by Crippen LogP contribution is -2.56. The standard InChI is InChI=1S/C31H37Cl2N3O4S/c1-21-11-10-14-27(22(21)2)36(41(6,39)40)20-29(37)35(19-24-15-16-25(32)26(33)17-24)28(30(38)34-31(3,4)5)18-23-12-8-7-9-13-23/h7-17,28H,18-20H2,1-6H3,(H,34,38). The lowest BCUT2D eigenvalue weighted by atomic mass is 10.0. The van der Waals surface area contributed by atoms with Crippen molar-refractivity contribution in [2.75, 3.05) is 17.1 Å². The van der Waals surface area contributed by atoms with Gasteiger partial charge in [0.05, 0.1) is 22.0 Å². The third-order valence-corrected chi connectivity index (χ3v) is 8.50. The van der Waals surface area contributed by atoms with Crippen molar-refractivity contribution in [3.8, 4) is 0 Å². The van der Waals surface area contributed by atoms with Gasteiger partial charge < -0.3 is 10.2 Å². The van der Waals surface area contributed by atoms with Gasteiger partial charge in [0.25, 0.3) is 0 Å². The molecule has 0 fully saturated rings. The molecular weight excluding hydrogens is 581 g/mol. The summed E-state index contributed by atoms with van der Waals surface area (Å²) in [5, 5.41) is 3.67. The van der Waals surface area contributed by atoms with Crippen LogP contribution in [0.1, 0.15) is 43.0 Å². The monoisotopic (exact) mass is 617 g/mol. The van der Waals surface area contributed by atoms with Crippen molar-refractivity contribution in [2.45, 2.75) is 59.2 Å². The number of nitrogens with one attached hydrogen (secondary N) is 1. The molecule has 3 aromatic rings. The summed E-state index contributed by atoms with van der Waals surface area (Å²) < 4.78 is 27.1. The largest absolute Gasteiger partial charge is 0.350 e. The number of anilines is 1. The van der Waals surface area contributed by atoms with Crippen molar-refractivity contribution in [3.05, 3.63) is 99.0 Å². The van der Waals surface area contributed by atoms with Gasteiger partial charge in [0.15, 0.2) is 0 Å². The van der Waals surface area contributed by atoms with Crippen LogP contribution in [-0.2, 0) is 32.6 Å². The van der Waals surface area contributed by atoms with E-state index in [2.05, 4.69) is 5.32 Å². The van der Waals surface area contributed by atoms with Gasteiger partial charge in [-0.15, -0.1) is 0 Å². The van der Waals surface area contributed by atoms with Crippen LogP contribution in [-0.4, -0.2) is 49.5 Å². The van der Waals surface area contributed by atoms with Crippen molar-refractivity contribution in [2.24, 2.45) is 0 Å². The Labute approximate surface area is 253 Å². The van der Waals surface area contributed by atoms with E-state index in [0.717, 1.165) is 27.3 Å². The van der Waals surface area contributed by atoms with Gasteiger partial charge in [0.2, 0.25) is 21.8 Å². The molecule has 220 valence electrons. The Morgan fingerprint density at radius 2 is 1.56 bits per heavy atom. The zero-order valence-corrected chi connectivity index (χ0v) is 26.6. The predicted octanol–water partition coefficient (Wildman–Crippen LogP) is 5.93. The van der Waals surface area contributed by atoms with E-state index in [1.807, 2.05) is 71.0 Å². The molecule has 0 aliphatic carbocycles. The summed E-state index contributed by atoms with van der Waals surface area (Å²) in [7, 11) is -3.86. The molecule has 0 aromatic heterocycles. The summed E-state index contributed by atoms with van der Waals surface area (Å²) in [5.41, 5.74) is 2.97. The van der Waals surface area contributed by atoms with Gasteiger partial charge in [-0.1, -0.05) is 71.7 Å². The number of benzene rings is 3. The molecule has 7 nitrogen and oxygen atoms in total. The number of sulfonamides is 1. The molecule has 0 heterocycles. The number of rotatable bonds is 10. The second-order valence-corrected chi connectivity index (χ2v) is 13.9. The highest BCUT2D eigenvalue weighted by Gasteiger charge is 2.34. The van der Waals surface area contributed by atoms with Gasteiger partial charge in [0.1, 0.15) is 12.6 Å². The highest BCUT2D eigenvalue weighted by atomic mass is 35.5. The first kappa shape index (κ1) is 32.4. The van der Waals surface area contributed by atoms with Gasteiger partial charge in [-0.25, -0.2) is 8.42 Å². The van der Waals surface area contributed by atoms with Crippen LogP contribution in [0.25, 0.3) is 0 Å². The zero-order valence-electron chi connectivity index (χ0n) is 24.2. The molecule has 3 aromatic carbocycles. The Bertz CT molecular complexity index is 1510. The topological polar surface area (TPSA) is 86.8 Å². The van der Waals surface area contributed by atoms with E-state index in [1.54, 1.807) is 30.3 Å². The van der Waals surface area contributed by atoms with Crippen LogP contribution in [0.5, 0.6) is 0 Å². The molecule has 10 heteroatoms. The third-order valence-electron chi connectivity index (χ3n) is 6.63. The van der Waals surface area contributed by atoms with Crippen molar-refractivity contribution in [1.29, 1.82) is 0 Å². The van der Waals surface area contributed by atoms with Gasteiger partial charge in [-0.05, 0) is 75.1 Å². The molecule has 0 radical (unpaired) electrons. The lowest BCUT2D eigenvalue weighted by Gasteiger charge is -2.35. The highest BCUT2D eigenvalue weighted by molar-refractivity contribution is 7.92. The molecular formula is C31H37Cl2N3O4S. The normalized spacial score (nSPS) is 12.5. The first-order chi connectivity index (χ1) is 19.1. The zero-order chi connectivity index (χ0) is 30.5. The number of halogens is 2. The molecule has 0 saturated carbocycles. The molecule has 2 amide bonds. The maximum Gasteiger partial charge on any atom is 0.244 e. The summed E-state index contributed by atoms with van der Waals surface area (Å²) in [6.07, 6.45) is 1.29. The minimum atomic E-state index is -3.86. The Kier molecular flexibility index (Phi) is 10.5. The fourth-order valence-electron chi connectivity index (χ4n) is 4.44. The fraction of sp³-hybridized carbons (Fsp3) is 0.355. The van der Waals surface area contributed by atoms with Crippen molar-refractivity contribution in [1.82, 2.24) is 10.2 Å². The molecule has 0 aliphatic rings. The minimum Gasteiger partial charge on any atom is -0.350 e. The van der Waals surface area contributed by atoms with Crippen molar-refractivity contribution >= 4 is 50.7 Å². The van der Waals surface area contributed by atoms with Crippen LogP contribution in [0.2, 0.25) is 10.0 Å². The van der Waals surface area contributed by atoms with Gasteiger partial charge >= 0.3 is 0 Å². The SMILES string of the molecule is Cc1cccc(N(CC(=O)N(Cc2ccc(Cl)c(Cl)c2)C(Cc2ccccc2)C(=O)NC(C)(C)C)S(C)(=O)=O)c1C. The molecule has 0 aliphatic heterocycles. The predicted molar refractivity (Wildman–Crippen MR) is 167 cm³/mol. The van der Waals surface area contributed by atoms with Crippen LogP contribution >= 0.6 is 23.2 Å². The van der Waals surface area contributed by atoms with E-state index >= 15 is 0 Å². The van der Waals surface area contributed by atoms with Crippen LogP contribution in [0, 0.1) is 13.8 Å². The Hall–Kier alpha value is -3.07. The van der Waals surface area contributed by atoms with Gasteiger partial charge in [0, 0.05) is 18.5 Å². The fourth-order valence-corrected chi connectivity index (χ4v) is 5.66. The lowest BCUT2D eigenvalue weighted by molar-refractivity contribution is -0.140. The third kappa shape index (κ3) is 8.96. The highest BCUT2D eigenvalue weighted by Crippen LogP contribution is 2.27. The Morgan fingerprint density at radius 3 is 2.15 bits per heavy atom. The van der Waals surface area contributed by atoms with Crippen LogP contribution in [0.3, 0.4) is 0 Å². The minimum absolute atomic E-state index is 0.00911. The summed E-state index contributed by atoms with van der Waals surface area (Å²) >= 11 is 12.4. The Balaban J connectivity index is 2.12. The number of amides is 2. The molecule has 0 bridgehead atoms. The second-order valence-electron chi connectivity index (χ2n) is 11.2. The number of hydrogen-bond acceptors (Lipinski definition) is 4. The van der Waals surface area contributed by atoms with E-state index < -0.39 is 34.1 Å². The van der Waals surface area contributed by atoms with E-state index in [1.165, 1.54) is 4.90 Å². The van der Waals surface area contributed by atoms with E-state index in [4.69, 9.17) is 23.2 Å². The average Bonchev–Trinajstić information content (AvgIpc) is 2.87. The number of carbonyl (C=O) groups is 2. The van der Waals surface area contributed by atoms with E-state index in [0.29, 0.717) is 21.3 Å². The van der Waals surface area contributed by atoms with E-state index in [-0.39, 0.29) is 18.9 Å². The molecule has 41 heavy (non-hydrogen) atoms. The second kappa shape index (κ2) is 13.3. The molecule has 1 unspecified atom stereocenters. The van der Waals surface area contributed by atoms with Crippen LogP contribution < -0.4 is 9.62 Å². The molecule has 3 rings (SSSR count). The summed E-state index contributed by atoms with van der Waals surface area (Å²) in [6, 6.07) is 18.7. The molecule has 1 atom stereocenters. The smallest absolute Gasteiger partial charge is 0.244 e. The summed E-state index contributed by atoms with van der Waals surface area (Å²) in [4.78, 5) is 29.4. The number of carbonyl (C=O) groups excluding carboxylic acids is 2. The maximum absolute atomic E-state index is 14.2. The Morgan fingerprint density at radius 1 is 0.902 bits per heavy atom. The summed E-state index contributed by atoms with van der Waals surface area (Å²) in [6.45, 7) is 8.80. The van der Waals surface area contributed by atoms with Gasteiger partial charge in [-0.2, -0.15) is 0 Å². The van der Waals surface area contributed by atoms with Crippen molar-refractivity contribution in [3.63, 3.8) is 0 Å². The number of hydrogen-bond donors (Lipinski definition) is 1. The average molecular weight is 619 g/mol. The summed E-state index contributed by atoms with van der Waals surface area (Å²) in [5.74, 6) is -0.889. The molecule has 1 N–H and O–H groups in total. The van der Waals surface area contributed by atoms with Crippen LogP contribution in [0.4, 0.5) is 5.69 Å². The molecule has 0 saturated heterocycles. The maximum atomic E-state index is 14.2.